The number of ether oxygens (including phenoxy) is 8. The maximum atomic E-state index is 13.6. The molecular formula is C40H28N2O13S. The highest BCUT2D eigenvalue weighted by Gasteiger charge is 2.22. The normalized spacial score (nSPS) is 10.2. The van der Waals surface area contributed by atoms with Crippen molar-refractivity contribution >= 4 is 51.4 Å². The van der Waals surface area contributed by atoms with E-state index in [1.165, 1.54) is 54.6 Å². The Labute approximate surface area is 322 Å². The Morgan fingerprint density at radius 1 is 0.625 bits per heavy atom. The number of aromatic nitrogens is 1. The Bertz CT molecular complexity index is 2360. The van der Waals surface area contributed by atoms with Gasteiger partial charge in [-0.3, -0.25) is 0 Å². The fourth-order valence-electron chi connectivity index (χ4n) is 4.44. The summed E-state index contributed by atoms with van der Waals surface area (Å²) < 4.78 is 42.7. The molecule has 0 fully saturated rings. The summed E-state index contributed by atoms with van der Waals surface area (Å²) in [7, 11) is 0. The summed E-state index contributed by atoms with van der Waals surface area (Å²) in [6.45, 7) is 8.47. The Morgan fingerprint density at radius 2 is 1.14 bits per heavy atom. The lowest BCUT2D eigenvalue weighted by molar-refractivity contribution is -0.146. The van der Waals surface area contributed by atoms with Gasteiger partial charge in [0.2, 0.25) is 20.4 Å². The Hall–Kier alpha value is -7.77. The molecule has 56 heavy (non-hydrogen) atoms. The number of benzene rings is 4. The minimum Gasteiger partial charge on any atom is -0.457 e. The molecule has 5 rings (SSSR count). The van der Waals surface area contributed by atoms with Gasteiger partial charge in [0.1, 0.15) is 21.0 Å². The van der Waals surface area contributed by atoms with E-state index in [0.29, 0.717) is 26.6 Å². The van der Waals surface area contributed by atoms with E-state index in [1.54, 1.807) is 24.3 Å². The van der Waals surface area contributed by atoms with Gasteiger partial charge in [0.25, 0.3) is 0 Å². The molecule has 0 N–H and O–H groups in total. The molecule has 1 aromatic heterocycles. The molecule has 15 nitrogen and oxygen atoms in total. The molecule has 0 aliphatic rings. The third-order valence-corrected chi connectivity index (χ3v) is 8.28. The number of nitriles is 1. The van der Waals surface area contributed by atoms with E-state index in [2.05, 4.69) is 25.8 Å². The number of esters is 5. The van der Waals surface area contributed by atoms with Crippen LogP contribution in [0, 0.1) is 11.3 Å². The van der Waals surface area contributed by atoms with Crippen molar-refractivity contribution in [2.24, 2.45) is 0 Å². The van der Waals surface area contributed by atoms with Crippen LogP contribution in [-0.2, 0) is 28.6 Å². The molecule has 0 aliphatic heterocycles. The lowest BCUT2D eigenvalue weighted by Gasteiger charge is -2.14. The van der Waals surface area contributed by atoms with Crippen molar-refractivity contribution in [3.8, 4) is 45.4 Å². The number of fused-ring (bicyclic) bond motifs is 1. The molecule has 16 heteroatoms. The molecule has 0 saturated carbocycles. The average molecular weight is 777 g/mol. The van der Waals surface area contributed by atoms with E-state index in [9.17, 15) is 29.2 Å². The smallest absolute Gasteiger partial charge is 0.343 e. The van der Waals surface area contributed by atoms with Gasteiger partial charge in [-0.2, -0.15) is 5.26 Å². The second-order valence-corrected chi connectivity index (χ2v) is 11.7. The van der Waals surface area contributed by atoms with Gasteiger partial charge >= 0.3 is 29.8 Å². The molecule has 4 aromatic carbocycles. The quantitative estimate of drug-likeness (QED) is 0.0327. The number of nitrogens with zero attached hydrogens (tertiary/aromatic N) is 2. The SMILES string of the molecule is C=CC(=O)OCOc1ccc(C(=O)Oc2ccc(OC(=O)c3ccc(OCOC(=O)C=C)c(OCOC(=O)C=C)c3)c3nc(-c4ccc(C#N)cc4)sc23)cc1. The molecule has 0 aliphatic carbocycles. The minimum atomic E-state index is -0.858. The molecule has 1 heterocycles. The first-order valence-corrected chi connectivity index (χ1v) is 16.8. The van der Waals surface area contributed by atoms with E-state index in [1.807, 2.05) is 0 Å². The third kappa shape index (κ3) is 10.2. The monoisotopic (exact) mass is 776 g/mol. The van der Waals surface area contributed by atoms with Crippen molar-refractivity contribution in [2.45, 2.75) is 0 Å². The average Bonchev–Trinajstić information content (AvgIpc) is 3.68. The number of carbonyl (C=O) groups is 5. The van der Waals surface area contributed by atoms with Crippen molar-refractivity contribution in [1.82, 2.24) is 4.98 Å². The van der Waals surface area contributed by atoms with Crippen LogP contribution in [0.15, 0.2) is 117 Å². The first-order valence-electron chi connectivity index (χ1n) is 16.0. The van der Waals surface area contributed by atoms with E-state index in [4.69, 9.17) is 42.9 Å². The summed E-state index contributed by atoms with van der Waals surface area (Å²) in [6, 6.07) is 21.4. The summed E-state index contributed by atoms with van der Waals surface area (Å²) >= 11 is 1.15. The zero-order valence-corrected chi connectivity index (χ0v) is 29.9. The number of thiazole rings is 1. The molecule has 0 radical (unpaired) electrons. The van der Waals surface area contributed by atoms with Crippen LogP contribution in [0.2, 0.25) is 0 Å². The van der Waals surface area contributed by atoms with Crippen LogP contribution < -0.4 is 23.7 Å². The number of hydrogen-bond donors (Lipinski definition) is 0. The van der Waals surface area contributed by atoms with Crippen molar-refractivity contribution in [2.75, 3.05) is 20.4 Å². The van der Waals surface area contributed by atoms with Gasteiger partial charge < -0.3 is 37.9 Å². The predicted octanol–water partition coefficient (Wildman–Crippen LogP) is 6.47. The van der Waals surface area contributed by atoms with Gasteiger partial charge in [0, 0.05) is 23.8 Å². The Morgan fingerprint density at radius 3 is 1.75 bits per heavy atom. The standard InChI is InChI=1S/C40H28N2O13S/c1-4-33(43)51-21-48-28-14-11-26(12-15-28)39(46)55-31-18-17-30(36-37(31)56-38(42-36)25-9-7-24(20-41)8-10-25)54-40(47)27-13-16-29(49-22-52-34(44)5-2)32(19-27)50-23-53-35(45)6-3/h4-19H,1-3,21-23H2. The summed E-state index contributed by atoms with van der Waals surface area (Å²) in [6.07, 6.45) is 2.88. The first-order chi connectivity index (χ1) is 27.1. The fraction of sp³-hybridized carbons (Fsp3) is 0.0750. The van der Waals surface area contributed by atoms with Gasteiger partial charge in [0.15, 0.2) is 23.0 Å². The van der Waals surface area contributed by atoms with Crippen LogP contribution in [-0.4, -0.2) is 55.2 Å². The van der Waals surface area contributed by atoms with Crippen LogP contribution in [0.3, 0.4) is 0 Å². The molecule has 0 unspecified atom stereocenters. The summed E-state index contributed by atoms with van der Waals surface area (Å²) in [4.78, 5) is 65.7. The van der Waals surface area contributed by atoms with Crippen molar-refractivity contribution < 1.29 is 61.9 Å². The van der Waals surface area contributed by atoms with Gasteiger partial charge in [-0.25, -0.2) is 29.0 Å². The largest absolute Gasteiger partial charge is 0.457 e. The number of carbonyl (C=O) groups excluding carboxylic acids is 5. The molecule has 0 atom stereocenters. The van der Waals surface area contributed by atoms with Crippen molar-refractivity contribution in [3.05, 3.63) is 134 Å². The van der Waals surface area contributed by atoms with Gasteiger partial charge in [0.05, 0.1) is 22.8 Å². The molecular weight excluding hydrogens is 749 g/mol. The molecule has 0 spiro atoms. The van der Waals surface area contributed by atoms with E-state index in [-0.39, 0.29) is 46.4 Å². The number of hydrogen-bond acceptors (Lipinski definition) is 16. The second kappa shape index (κ2) is 18.8. The molecule has 5 aromatic rings. The Balaban J connectivity index is 1.42. The minimum absolute atomic E-state index is 0.0126. The molecule has 0 amide bonds. The highest BCUT2D eigenvalue weighted by Crippen LogP contribution is 2.41. The van der Waals surface area contributed by atoms with E-state index < -0.39 is 43.4 Å². The second-order valence-electron chi connectivity index (χ2n) is 10.7. The summed E-state index contributed by atoms with van der Waals surface area (Å²) in [5.74, 6) is -3.32. The Kier molecular flexibility index (Phi) is 13.3. The van der Waals surface area contributed by atoms with Gasteiger partial charge in [-0.15, -0.1) is 11.3 Å². The maximum Gasteiger partial charge on any atom is 0.343 e. The zero-order valence-electron chi connectivity index (χ0n) is 29.1. The van der Waals surface area contributed by atoms with E-state index in [0.717, 1.165) is 29.6 Å². The number of rotatable bonds is 17. The first kappa shape index (κ1) is 39.4. The molecule has 0 bridgehead atoms. The van der Waals surface area contributed by atoms with Crippen LogP contribution in [0.4, 0.5) is 0 Å². The molecule has 0 saturated heterocycles. The van der Waals surface area contributed by atoms with Crippen molar-refractivity contribution in [1.29, 1.82) is 5.26 Å². The van der Waals surface area contributed by atoms with Gasteiger partial charge in [-0.1, -0.05) is 31.9 Å². The summed E-state index contributed by atoms with van der Waals surface area (Å²) in [5, 5.41) is 9.72. The van der Waals surface area contributed by atoms with Gasteiger partial charge in [-0.05, 0) is 66.7 Å². The lowest BCUT2D eigenvalue weighted by atomic mass is 10.1. The maximum absolute atomic E-state index is 13.6. The predicted molar refractivity (Wildman–Crippen MR) is 198 cm³/mol. The topological polar surface area (TPSA) is 196 Å². The molecule has 282 valence electrons. The van der Waals surface area contributed by atoms with E-state index >= 15 is 0 Å². The highest BCUT2D eigenvalue weighted by atomic mass is 32.1. The lowest BCUT2D eigenvalue weighted by Crippen LogP contribution is -2.13. The highest BCUT2D eigenvalue weighted by molar-refractivity contribution is 7.22. The fourth-order valence-corrected chi connectivity index (χ4v) is 5.48. The summed E-state index contributed by atoms with van der Waals surface area (Å²) in [5.41, 5.74) is 1.40. The zero-order chi connectivity index (χ0) is 40.0. The third-order valence-electron chi connectivity index (χ3n) is 7.16. The van der Waals surface area contributed by atoms with Crippen LogP contribution in [0.5, 0.6) is 28.7 Å². The van der Waals surface area contributed by atoms with Crippen LogP contribution in [0.25, 0.3) is 20.8 Å². The van der Waals surface area contributed by atoms with Crippen LogP contribution >= 0.6 is 11.3 Å². The van der Waals surface area contributed by atoms with Crippen molar-refractivity contribution in [3.63, 3.8) is 0 Å². The van der Waals surface area contributed by atoms with Crippen LogP contribution in [0.1, 0.15) is 26.3 Å².